The molecule has 0 atom stereocenters. The predicted molar refractivity (Wildman–Crippen MR) is 66.4 cm³/mol. The molecule has 0 saturated heterocycles. The minimum absolute atomic E-state index is 0.887. The van der Waals surface area contributed by atoms with Gasteiger partial charge < -0.3 is 9.47 Å². The van der Waals surface area contributed by atoms with Crippen LogP contribution in [-0.2, 0) is 6.42 Å². The van der Waals surface area contributed by atoms with Crippen LogP contribution in [0.4, 0.5) is 0 Å². The smallest absolute Gasteiger partial charge is 0.129 e. The fourth-order valence-electron chi connectivity index (χ4n) is 2.04. The van der Waals surface area contributed by atoms with E-state index in [-0.39, 0.29) is 0 Å². The second-order valence-corrected chi connectivity index (χ2v) is 3.67. The van der Waals surface area contributed by atoms with Crippen LogP contribution in [0.15, 0.2) is 30.3 Å². The molecule has 0 aliphatic heterocycles. The summed E-state index contributed by atoms with van der Waals surface area (Å²) < 4.78 is 10.8. The molecule has 0 radical (unpaired) electrons. The van der Waals surface area contributed by atoms with E-state index in [1.54, 1.807) is 14.2 Å². The molecule has 0 spiro atoms. The van der Waals surface area contributed by atoms with E-state index in [9.17, 15) is 0 Å². The third-order valence-corrected chi connectivity index (χ3v) is 2.86. The van der Waals surface area contributed by atoms with Crippen LogP contribution in [-0.4, -0.2) is 14.2 Å². The lowest BCUT2D eigenvalue weighted by Gasteiger charge is -2.12. The van der Waals surface area contributed by atoms with Crippen LogP contribution < -0.4 is 9.47 Å². The van der Waals surface area contributed by atoms with Gasteiger partial charge in [0.2, 0.25) is 0 Å². The minimum Gasteiger partial charge on any atom is -0.496 e. The van der Waals surface area contributed by atoms with Gasteiger partial charge in [0, 0.05) is 10.8 Å². The number of hydrogen-bond donors (Lipinski definition) is 0. The van der Waals surface area contributed by atoms with Crippen molar-refractivity contribution in [2.45, 2.75) is 13.3 Å². The molecule has 2 aromatic rings. The second-order valence-electron chi connectivity index (χ2n) is 3.67. The quantitative estimate of drug-likeness (QED) is 0.782. The third kappa shape index (κ3) is 1.60. The van der Waals surface area contributed by atoms with Crippen LogP contribution in [0.3, 0.4) is 0 Å². The first kappa shape index (κ1) is 10.8. The number of ether oxygens (including phenoxy) is 2. The Bertz CT molecular complexity index is 503. The first-order valence-electron chi connectivity index (χ1n) is 5.44. The maximum absolute atomic E-state index is 5.49. The predicted octanol–water partition coefficient (Wildman–Crippen LogP) is 3.42. The third-order valence-electron chi connectivity index (χ3n) is 2.86. The molecule has 0 aliphatic rings. The molecule has 0 fully saturated rings. The monoisotopic (exact) mass is 216 g/mol. The Morgan fingerprint density at radius 3 is 2.38 bits per heavy atom. The Morgan fingerprint density at radius 2 is 1.75 bits per heavy atom. The molecule has 2 nitrogen and oxygen atoms in total. The summed E-state index contributed by atoms with van der Waals surface area (Å²) >= 11 is 0. The summed E-state index contributed by atoms with van der Waals surface area (Å²) in [4.78, 5) is 0. The van der Waals surface area contributed by atoms with Crippen molar-refractivity contribution in [3.8, 4) is 11.5 Å². The molecule has 2 rings (SSSR count). The highest BCUT2D eigenvalue weighted by Crippen LogP contribution is 2.34. The molecule has 0 bridgehead atoms. The molecular weight excluding hydrogens is 200 g/mol. The molecule has 0 N–H and O–H groups in total. The van der Waals surface area contributed by atoms with E-state index >= 15 is 0 Å². The van der Waals surface area contributed by atoms with Gasteiger partial charge in [0.15, 0.2) is 0 Å². The van der Waals surface area contributed by atoms with Gasteiger partial charge in [0.1, 0.15) is 11.5 Å². The number of aryl methyl sites for hydroxylation is 1. The van der Waals surface area contributed by atoms with Crippen molar-refractivity contribution in [1.82, 2.24) is 0 Å². The van der Waals surface area contributed by atoms with Crippen LogP contribution in [0.25, 0.3) is 10.8 Å². The molecule has 0 unspecified atom stereocenters. The second kappa shape index (κ2) is 4.44. The van der Waals surface area contributed by atoms with E-state index in [1.807, 2.05) is 12.1 Å². The summed E-state index contributed by atoms with van der Waals surface area (Å²) in [6.45, 7) is 2.13. The minimum atomic E-state index is 0.887. The van der Waals surface area contributed by atoms with Crippen LogP contribution in [0.1, 0.15) is 12.5 Å². The summed E-state index contributed by atoms with van der Waals surface area (Å²) in [5.74, 6) is 1.84. The Balaban J connectivity index is 2.78. The van der Waals surface area contributed by atoms with Gasteiger partial charge in [-0.05, 0) is 18.1 Å². The van der Waals surface area contributed by atoms with Crippen LogP contribution >= 0.6 is 0 Å². The summed E-state index contributed by atoms with van der Waals surface area (Å²) in [7, 11) is 3.41. The Labute approximate surface area is 95.8 Å². The highest BCUT2D eigenvalue weighted by Gasteiger charge is 2.09. The van der Waals surface area contributed by atoms with Crippen molar-refractivity contribution in [1.29, 1.82) is 0 Å². The van der Waals surface area contributed by atoms with Crippen molar-refractivity contribution in [3.63, 3.8) is 0 Å². The number of benzene rings is 2. The number of fused-ring (bicyclic) bond motifs is 1. The number of hydrogen-bond acceptors (Lipinski definition) is 2. The normalized spacial score (nSPS) is 10.4. The largest absolute Gasteiger partial charge is 0.496 e. The molecular formula is C14H16O2. The first-order valence-corrected chi connectivity index (χ1v) is 5.44. The molecule has 16 heavy (non-hydrogen) atoms. The van der Waals surface area contributed by atoms with Crippen LogP contribution in [0.2, 0.25) is 0 Å². The average Bonchev–Trinajstić information content (AvgIpc) is 2.36. The maximum Gasteiger partial charge on any atom is 0.129 e. The molecule has 0 aromatic heterocycles. The van der Waals surface area contributed by atoms with Gasteiger partial charge in [-0.15, -0.1) is 0 Å². The molecule has 2 aromatic carbocycles. The van der Waals surface area contributed by atoms with Crippen molar-refractivity contribution >= 4 is 10.8 Å². The molecule has 84 valence electrons. The molecule has 0 saturated carbocycles. The molecule has 0 amide bonds. The molecule has 2 heteroatoms. The van der Waals surface area contributed by atoms with Gasteiger partial charge >= 0.3 is 0 Å². The van der Waals surface area contributed by atoms with E-state index in [1.165, 1.54) is 5.56 Å². The molecule has 0 aliphatic carbocycles. The topological polar surface area (TPSA) is 18.5 Å². The first-order chi connectivity index (χ1) is 7.81. The standard InChI is InChI=1S/C14H16O2/c1-4-10-8-9-11-12(14(10)16-3)6-5-7-13(11)15-2/h5-9H,4H2,1-3H3. The van der Waals surface area contributed by atoms with E-state index in [0.717, 1.165) is 28.7 Å². The van der Waals surface area contributed by atoms with E-state index in [4.69, 9.17) is 9.47 Å². The number of rotatable bonds is 3. The lowest BCUT2D eigenvalue weighted by molar-refractivity contribution is 0.412. The van der Waals surface area contributed by atoms with Crippen molar-refractivity contribution < 1.29 is 9.47 Å². The zero-order valence-electron chi connectivity index (χ0n) is 9.91. The van der Waals surface area contributed by atoms with Crippen LogP contribution in [0.5, 0.6) is 11.5 Å². The van der Waals surface area contributed by atoms with Gasteiger partial charge in [-0.3, -0.25) is 0 Å². The fourth-order valence-corrected chi connectivity index (χ4v) is 2.04. The van der Waals surface area contributed by atoms with E-state index in [2.05, 4.69) is 25.1 Å². The Hall–Kier alpha value is -1.70. The van der Waals surface area contributed by atoms with Crippen molar-refractivity contribution in [2.24, 2.45) is 0 Å². The van der Waals surface area contributed by atoms with Crippen molar-refractivity contribution in [3.05, 3.63) is 35.9 Å². The van der Waals surface area contributed by atoms with Gasteiger partial charge in [-0.25, -0.2) is 0 Å². The zero-order chi connectivity index (χ0) is 11.5. The highest BCUT2D eigenvalue weighted by molar-refractivity contribution is 5.94. The highest BCUT2D eigenvalue weighted by atomic mass is 16.5. The Morgan fingerprint density at radius 1 is 0.938 bits per heavy atom. The summed E-state index contributed by atoms with van der Waals surface area (Å²) in [5.41, 5.74) is 1.23. The number of methoxy groups -OCH3 is 2. The molecule has 0 heterocycles. The SMILES string of the molecule is CCc1ccc2c(OC)cccc2c1OC. The van der Waals surface area contributed by atoms with Gasteiger partial charge in [0.05, 0.1) is 14.2 Å². The van der Waals surface area contributed by atoms with E-state index < -0.39 is 0 Å². The maximum atomic E-state index is 5.49. The van der Waals surface area contributed by atoms with Gasteiger partial charge in [-0.2, -0.15) is 0 Å². The van der Waals surface area contributed by atoms with Crippen LogP contribution in [0, 0.1) is 0 Å². The summed E-state index contributed by atoms with van der Waals surface area (Å²) in [6, 6.07) is 10.2. The summed E-state index contributed by atoms with van der Waals surface area (Å²) in [6.07, 6.45) is 0.969. The average molecular weight is 216 g/mol. The fraction of sp³-hybridized carbons (Fsp3) is 0.286. The lowest BCUT2D eigenvalue weighted by atomic mass is 10.0. The Kier molecular flexibility index (Phi) is 3.00. The van der Waals surface area contributed by atoms with Crippen molar-refractivity contribution in [2.75, 3.05) is 14.2 Å². The van der Waals surface area contributed by atoms with Gasteiger partial charge in [-0.1, -0.05) is 31.2 Å². The zero-order valence-corrected chi connectivity index (χ0v) is 9.91. The van der Waals surface area contributed by atoms with E-state index in [0.29, 0.717) is 0 Å². The van der Waals surface area contributed by atoms with Gasteiger partial charge in [0.25, 0.3) is 0 Å². The lowest BCUT2D eigenvalue weighted by Crippen LogP contribution is -1.93. The summed E-state index contributed by atoms with van der Waals surface area (Å²) in [5, 5.41) is 2.21.